The van der Waals surface area contributed by atoms with E-state index in [1.54, 1.807) is 25.3 Å². The van der Waals surface area contributed by atoms with E-state index in [1.165, 1.54) is 0 Å². The smallest absolute Gasteiger partial charge is 0.163 e. The summed E-state index contributed by atoms with van der Waals surface area (Å²) in [4.78, 5) is 11.7. The lowest BCUT2D eigenvalue weighted by Gasteiger charge is -2.05. The molecular formula is C12H15ClO2. The number of rotatable bonds is 5. The van der Waals surface area contributed by atoms with Crippen molar-refractivity contribution in [3.8, 4) is 5.75 Å². The van der Waals surface area contributed by atoms with Crippen LogP contribution in [-0.4, -0.2) is 12.9 Å². The number of carbonyl (C=O) groups is 1. The van der Waals surface area contributed by atoms with E-state index in [9.17, 15) is 4.79 Å². The van der Waals surface area contributed by atoms with Crippen molar-refractivity contribution in [3.63, 3.8) is 0 Å². The van der Waals surface area contributed by atoms with E-state index in [-0.39, 0.29) is 5.78 Å². The highest BCUT2D eigenvalue weighted by atomic mass is 35.5. The third kappa shape index (κ3) is 3.24. The molecule has 0 radical (unpaired) electrons. The lowest BCUT2D eigenvalue weighted by atomic mass is 10.1. The molecule has 0 heterocycles. The molecule has 2 nitrogen and oxygen atoms in total. The Morgan fingerprint density at radius 3 is 2.80 bits per heavy atom. The van der Waals surface area contributed by atoms with Gasteiger partial charge in [0.05, 0.1) is 12.1 Å². The minimum absolute atomic E-state index is 0.145. The van der Waals surface area contributed by atoms with E-state index in [0.29, 0.717) is 22.8 Å². The Morgan fingerprint density at radius 1 is 1.47 bits per heavy atom. The summed E-state index contributed by atoms with van der Waals surface area (Å²) in [6.45, 7) is 2.07. The third-order valence-electron chi connectivity index (χ3n) is 2.23. The maximum atomic E-state index is 11.7. The molecule has 0 saturated carbocycles. The lowest BCUT2D eigenvalue weighted by Crippen LogP contribution is -1.99. The van der Waals surface area contributed by atoms with Crippen molar-refractivity contribution in [2.24, 2.45) is 0 Å². The van der Waals surface area contributed by atoms with Gasteiger partial charge in [-0.05, 0) is 24.6 Å². The predicted octanol–water partition coefficient (Wildman–Crippen LogP) is 3.72. The van der Waals surface area contributed by atoms with Gasteiger partial charge in [-0.3, -0.25) is 4.79 Å². The monoisotopic (exact) mass is 226 g/mol. The minimum Gasteiger partial charge on any atom is -0.495 e. The number of carbonyl (C=O) groups excluding carboxylic acids is 1. The third-order valence-corrected chi connectivity index (χ3v) is 2.54. The Hall–Kier alpha value is -1.02. The van der Waals surface area contributed by atoms with E-state index in [2.05, 4.69) is 6.92 Å². The van der Waals surface area contributed by atoms with Gasteiger partial charge in [-0.1, -0.05) is 24.9 Å². The zero-order valence-corrected chi connectivity index (χ0v) is 9.80. The average molecular weight is 227 g/mol. The Bertz CT molecular complexity index is 347. The first-order chi connectivity index (χ1) is 7.19. The summed E-state index contributed by atoms with van der Waals surface area (Å²) in [5, 5.41) is 0.532. The highest BCUT2D eigenvalue weighted by molar-refractivity contribution is 6.32. The quantitative estimate of drug-likeness (QED) is 0.716. The van der Waals surface area contributed by atoms with Crippen LogP contribution in [0.25, 0.3) is 0 Å². The SMILES string of the molecule is CCCCC(=O)c1ccc(Cl)c(OC)c1. The van der Waals surface area contributed by atoms with Gasteiger partial charge in [0.25, 0.3) is 0 Å². The molecule has 0 saturated heterocycles. The molecule has 0 aliphatic heterocycles. The lowest BCUT2D eigenvalue weighted by molar-refractivity contribution is 0.0979. The number of Topliss-reactive ketones (excluding diaryl/α,β-unsaturated/α-hetero) is 1. The molecule has 1 rings (SSSR count). The minimum atomic E-state index is 0.145. The molecule has 0 atom stereocenters. The molecule has 1 aromatic rings. The van der Waals surface area contributed by atoms with Crippen LogP contribution in [0.3, 0.4) is 0 Å². The molecule has 82 valence electrons. The highest BCUT2D eigenvalue weighted by Crippen LogP contribution is 2.25. The fourth-order valence-corrected chi connectivity index (χ4v) is 1.51. The van der Waals surface area contributed by atoms with Gasteiger partial charge in [-0.15, -0.1) is 0 Å². The Balaban J connectivity index is 2.81. The predicted molar refractivity (Wildman–Crippen MR) is 61.9 cm³/mol. The van der Waals surface area contributed by atoms with E-state index in [4.69, 9.17) is 16.3 Å². The number of unbranched alkanes of at least 4 members (excludes halogenated alkanes) is 1. The van der Waals surface area contributed by atoms with Gasteiger partial charge in [0.2, 0.25) is 0 Å². The summed E-state index contributed by atoms with van der Waals surface area (Å²) >= 11 is 5.87. The van der Waals surface area contributed by atoms with E-state index in [1.807, 2.05) is 0 Å². The first-order valence-corrected chi connectivity index (χ1v) is 5.43. The van der Waals surface area contributed by atoms with Crippen LogP contribution < -0.4 is 4.74 Å². The van der Waals surface area contributed by atoms with E-state index < -0.39 is 0 Å². The van der Waals surface area contributed by atoms with Gasteiger partial charge < -0.3 is 4.74 Å². The van der Waals surface area contributed by atoms with Crippen molar-refractivity contribution < 1.29 is 9.53 Å². The van der Waals surface area contributed by atoms with Crippen LogP contribution >= 0.6 is 11.6 Å². The Kier molecular flexibility index (Phi) is 4.63. The van der Waals surface area contributed by atoms with Crippen molar-refractivity contribution in [2.75, 3.05) is 7.11 Å². The zero-order valence-electron chi connectivity index (χ0n) is 9.05. The van der Waals surface area contributed by atoms with Crippen molar-refractivity contribution in [1.82, 2.24) is 0 Å². The number of halogens is 1. The average Bonchev–Trinajstić information content (AvgIpc) is 2.26. The van der Waals surface area contributed by atoms with Crippen LogP contribution in [0.5, 0.6) is 5.75 Å². The van der Waals surface area contributed by atoms with Crippen LogP contribution in [0.1, 0.15) is 36.5 Å². The van der Waals surface area contributed by atoms with Gasteiger partial charge in [0, 0.05) is 12.0 Å². The maximum absolute atomic E-state index is 11.7. The maximum Gasteiger partial charge on any atom is 0.163 e. The van der Waals surface area contributed by atoms with Crippen LogP contribution in [0.4, 0.5) is 0 Å². The van der Waals surface area contributed by atoms with Crippen LogP contribution in [0.2, 0.25) is 5.02 Å². The first-order valence-electron chi connectivity index (χ1n) is 5.05. The number of hydrogen-bond donors (Lipinski definition) is 0. The van der Waals surface area contributed by atoms with Crippen LogP contribution in [0, 0.1) is 0 Å². The Morgan fingerprint density at radius 2 is 2.20 bits per heavy atom. The van der Waals surface area contributed by atoms with E-state index >= 15 is 0 Å². The van der Waals surface area contributed by atoms with Gasteiger partial charge in [-0.2, -0.15) is 0 Å². The summed E-state index contributed by atoms with van der Waals surface area (Å²) in [5.41, 5.74) is 0.671. The van der Waals surface area contributed by atoms with Gasteiger partial charge in [0.1, 0.15) is 5.75 Å². The highest BCUT2D eigenvalue weighted by Gasteiger charge is 2.08. The number of hydrogen-bond acceptors (Lipinski definition) is 2. The van der Waals surface area contributed by atoms with Gasteiger partial charge in [0.15, 0.2) is 5.78 Å². The van der Waals surface area contributed by atoms with Crippen molar-refractivity contribution in [3.05, 3.63) is 28.8 Å². The topological polar surface area (TPSA) is 26.3 Å². The molecule has 0 N–H and O–H groups in total. The van der Waals surface area contributed by atoms with Crippen molar-refractivity contribution in [2.45, 2.75) is 26.2 Å². The van der Waals surface area contributed by atoms with Gasteiger partial charge in [-0.25, -0.2) is 0 Å². The molecule has 15 heavy (non-hydrogen) atoms. The molecule has 3 heteroatoms. The second-order valence-corrected chi connectivity index (χ2v) is 3.78. The number of methoxy groups -OCH3 is 1. The summed E-state index contributed by atoms with van der Waals surface area (Å²) in [5.74, 6) is 0.700. The molecule has 0 bridgehead atoms. The molecule has 0 amide bonds. The molecule has 0 aliphatic rings. The number of benzene rings is 1. The molecule has 0 spiro atoms. The summed E-state index contributed by atoms with van der Waals surface area (Å²) in [6, 6.07) is 5.13. The normalized spacial score (nSPS) is 10.1. The molecule has 0 aromatic heterocycles. The van der Waals surface area contributed by atoms with Gasteiger partial charge >= 0.3 is 0 Å². The van der Waals surface area contributed by atoms with Crippen LogP contribution in [-0.2, 0) is 0 Å². The second-order valence-electron chi connectivity index (χ2n) is 3.38. The van der Waals surface area contributed by atoms with Crippen molar-refractivity contribution >= 4 is 17.4 Å². The van der Waals surface area contributed by atoms with E-state index in [0.717, 1.165) is 12.8 Å². The summed E-state index contributed by atoms with van der Waals surface area (Å²) in [6.07, 6.45) is 2.53. The molecular weight excluding hydrogens is 212 g/mol. The largest absolute Gasteiger partial charge is 0.495 e. The fraction of sp³-hybridized carbons (Fsp3) is 0.417. The first kappa shape index (κ1) is 12.1. The van der Waals surface area contributed by atoms with Crippen molar-refractivity contribution in [1.29, 1.82) is 0 Å². The molecule has 1 aromatic carbocycles. The molecule has 0 unspecified atom stereocenters. The number of ketones is 1. The summed E-state index contributed by atoms with van der Waals surface area (Å²) < 4.78 is 5.06. The second kappa shape index (κ2) is 5.76. The Labute approximate surface area is 95.2 Å². The zero-order chi connectivity index (χ0) is 11.3. The molecule has 0 aliphatic carbocycles. The van der Waals surface area contributed by atoms with Crippen LogP contribution in [0.15, 0.2) is 18.2 Å². The summed E-state index contributed by atoms with van der Waals surface area (Å²) in [7, 11) is 1.54. The standard InChI is InChI=1S/C12H15ClO2/c1-3-4-5-11(14)9-6-7-10(13)12(8-9)15-2/h6-8H,3-5H2,1-2H3. The molecule has 0 fully saturated rings. The fourth-order valence-electron chi connectivity index (χ4n) is 1.31. The number of ether oxygens (including phenoxy) is 1.